The van der Waals surface area contributed by atoms with Crippen molar-refractivity contribution in [2.75, 3.05) is 0 Å². The molecule has 0 radical (unpaired) electrons. The van der Waals surface area contributed by atoms with Crippen LogP contribution in [0, 0.1) is 34.9 Å². The van der Waals surface area contributed by atoms with E-state index < -0.39 is 0 Å². The molecule has 2 aliphatic carbocycles. The van der Waals surface area contributed by atoms with Crippen LogP contribution in [-0.4, -0.2) is 0 Å². The van der Waals surface area contributed by atoms with Crippen molar-refractivity contribution in [3.63, 3.8) is 0 Å². The predicted molar refractivity (Wildman–Crippen MR) is 95.1 cm³/mol. The minimum absolute atomic E-state index is 0.119. The first-order valence-corrected chi connectivity index (χ1v) is 8.43. The van der Waals surface area contributed by atoms with E-state index in [-0.39, 0.29) is 16.6 Å². The Morgan fingerprint density at radius 2 is 2.09 bits per heavy atom. The smallest absolute Gasteiger partial charge is 0.130 e. The standard InChI is InChI=1S/C22H25F/c1-6-12-22-13-11-19(21(22,4)5)18(16(22)3)14-15(2)17-9-7-8-10-20(17)23/h1,7-10,14,19H,11-13H2,2-5H3/b15-14+. The van der Waals surface area contributed by atoms with Gasteiger partial charge in [0.1, 0.15) is 5.82 Å². The molecule has 120 valence electrons. The molecule has 2 bridgehead atoms. The van der Waals surface area contributed by atoms with E-state index in [0.717, 1.165) is 12.0 Å². The van der Waals surface area contributed by atoms with Gasteiger partial charge in [0.15, 0.2) is 0 Å². The van der Waals surface area contributed by atoms with E-state index in [2.05, 4.69) is 32.8 Å². The van der Waals surface area contributed by atoms with Gasteiger partial charge in [-0.05, 0) is 55.2 Å². The highest BCUT2D eigenvalue weighted by molar-refractivity contribution is 5.68. The van der Waals surface area contributed by atoms with Crippen LogP contribution in [0.25, 0.3) is 5.57 Å². The lowest BCUT2D eigenvalue weighted by atomic mass is 9.64. The SMILES string of the molecule is C#CCC12CCC(C(/C=C(\C)c3ccccc3F)=C1C)C2(C)C. The van der Waals surface area contributed by atoms with Crippen LogP contribution in [0.15, 0.2) is 41.5 Å². The van der Waals surface area contributed by atoms with Gasteiger partial charge in [-0.15, -0.1) is 12.3 Å². The zero-order valence-corrected chi connectivity index (χ0v) is 14.5. The second kappa shape index (κ2) is 5.38. The van der Waals surface area contributed by atoms with Gasteiger partial charge in [0.2, 0.25) is 0 Å². The fraction of sp³-hybridized carbons (Fsp3) is 0.455. The molecule has 2 atom stereocenters. The van der Waals surface area contributed by atoms with Crippen molar-refractivity contribution in [1.29, 1.82) is 0 Å². The van der Waals surface area contributed by atoms with E-state index in [1.807, 2.05) is 19.1 Å². The van der Waals surface area contributed by atoms with Crippen molar-refractivity contribution < 1.29 is 4.39 Å². The highest BCUT2D eigenvalue weighted by atomic mass is 19.1. The monoisotopic (exact) mass is 308 g/mol. The van der Waals surface area contributed by atoms with Crippen molar-refractivity contribution >= 4 is 5.57 Å². The third kappa shape index (κ3) is 2.12. The van der Waals surface area contributed by atoms with Crippen molar-refractivity contribution in [3.8, 4) is 12.3 Å². The normalized spacial score (nSPS) is 29.0. The van der Waals surface area contributed by atoms with Crippen LogP contribution in [0.1, 0.15) is 52.5 Å². The molecule has 0 aliphatic heterocycles. The van der Waals surface area contributed by atoms with Crippen LogP contribution < -0.4 is 0 Å². The molecular formula is C22H25F. The van der Waals surface area contributed by atoms with E-state index in [9.17, 15) is 4.39 Å². The Kier molecular flexibility index (Phi) is 3.75. The average Bonchev–Trinajstić information content (AvgIpc) is 2.83. The number of hydrogen-bond donors (Lipinski definition) is 0. The molecule has 1 saturated carbocycles. The number of rotatable bonds is 3. The second-order valence-corrected chi connectivity index (χ2v) is 7.66. The van der Waals surface area contributed by atoms with E-state index >= 15 is 0 Å². The fourth-order valence-electron chi connectivity index (χ4n) is 5.08. The number of terminal acetylenes is 1. The first-order valence-electron chi connectivity index (χ1n) is 8.43. The molecule has 0 N–H and O–H groups in total. The van der Waals surface area contributed by atoms with Crippen molar-refractivity contribution in [1.82, 2.24) is 0 Å². The Morgan fingerprint density at radius 3 is 2.74 bits per heavy atom. The van der Waals surface area contributed by atoms with Crippen molar-refractivity contribution in [2.45, 2.75) is 47.0 Å². The number of halogens is 1. The molecule has 0 spiro atoms. The summed E-state index contributed by atoms with van der Waals surface area (Å²) in [4.78, 5) is 0. The molecule has 1 heteroatoms. The molecule has 0 amide bonds. The van der Waals surface area contributed by atoms with Crippen LogP contribution in [0.3, 0.4) is 0 Å². The molecule has 3 rings (SSSR count). The molecule has 0 heterocycles. The molecule has 2 aliphatic rings. The third-order valence-electron chi connectivity index (χ3n) is 6.57. The lowest BCUT2D eigenvalue weighted by Gasteiger charge is -2.38. The Labute approximate surface area is 139 Å². The van der Waals surface area contributed by atoms with Crippen LogP contribution >= 0.6 is 0 Å². The maximum absolute atomic E-state index is 14.1. The second-order valence-electron chi connectivity index (χ2n) is 7.66. The molecule has 1 aromatic rings. The zero-order valence-electron chi connectivity index (χ0n) is 14.5. The van der Waals surface area contributed by atoms with E-state index in [1.54, 1.807) is 6.07 Å². The highest BCUT2D eigenvalue weighted by Gasteiger charge is 2.60. The molecule has 0 aromatic heterocycles. The number of benzene rings is 1. The number of hydrogen-bond acceptors (Lipinski definition) is 0. The zero-order chi connectivity index (χ0) is 16.8. The lowest BCUT2D eigenvalue weighted by molar-refractivity contribution is 0.154. The van der Waals surface area contributed by atoms with Crippen LogP contribution in [0.4, 0.5) is 4.39 Å². The maximum Gasteiger partial charge on any atom is 0.130 e. The van der Waals surface area contributed by atoms with Gasteiger partial charge in [-0.1, -0.05) is 43.7 Å². The predicted octanol–water partition coefficient (Wildman–Crippen LogP) is 6.01. The van der Waals surface area contributed by atoms with Gasteiger partial charge in [-0.25, -0.2) is 4.39 Å². The maximum atomic E-state index is 14.1. The topological polar surface area (TPSA) is 0 Å². The lowest BCUT2D eigenvalue weighted by Crippen LogP contribution is -2.32. The number of fused-ring (bicyclic) bond motifs is 2. The van der Waals surface area contributed by atoms with E-state index in [0.29, 0.717) is 11.5 Å². The summed E-state index contributed by atoms with van der Waals surface area (Å²) in [5, 5.41) is 0. The molecule has 1 aromatic carbocycles. The van der Waals surface area contributed by atoms with E-state index in [1.165, 1.54) is 30.1 Å². The highest BCUT2D eigenvalue weighted by Crippen LogP contribution is 2.69. The first-order chi connectivity index (χ1) is 10.8. The van der Waals surface area contributed by atoms with Gasteiger partial charge >= 0.3 is 0 Å². The fourth-order valence-corrected chi connectivity index (χ4v) is 5.08. The Morgan fingerprint density at radius 1 is 1.39 bits per heavy atom. The van der Waals surface area contributed by atoms with Crippen LogP contribution in [0.5, 0.6) is 0 Å². The van der Waals surface area contributed by atoms with Gasteiger partial charge in [0.05, 0.1) is 0 Å². The molecule has 2 unspecified atom stereocenters. The van der Waals surface area contributed by atoms with Gasteiger partial charge in [-0.2, -0.15) is 0 Å². The molecule has 1 fully saturated rings. The summed E-state index contributed by atoms with van der Waals surface area (Å²) in [5.74, 6) is 3.29. The summed E-state index contributed by atoms with van der Waals surface area (Å²) < 4.78 is 14.1. The summed E-state index contributed by atoms with van der Waals surface area (Å²) in [6, 6.07) is 7.01. The Bertz CT molecular complexity index is 741. The molecular weight excluding hydrogens is 283 g/mol. The summed E-state index contributed by atoms with van der Waals surface area (Å²) in [6.45, 7) is 8.94. The van der Waals surface area contributed by atoms with Crippen LogP contribution in [0.2, 0.25) is 0 Å². The quantitative estimate of drug-likeness (QED) is 0.600. The average molecular weight is 308 g/mol. The first kappa shape index (κ1) is 16.1. The largest absolute Gasteiger partial charge is 0.206 e. The molecule has 0 saturated heterocycles. The third-order valence-corrected chi connectivity index (χ3v) is 6.57. The van der Waals surface area contributed by atoms with Gasteiger partial charge < -0.3 is 0 Å². The Balaban J connectivity index is 2.08. The summed E-state index contributed by atoms with van der Waals surface area (Å²) >= 11 is 0. The summed E-state index contributed by atoms with van der Waals surface area (Å²) in [5.41, 5.74) is 4.80. The van der Waals surface area contributed by atoms with Gasteiger partial charge in [0.25, 0.3) is 0 Å². The summed E-state index contributed by atoms with van der Waals surface area (Å²) in [7, 11) is 0. The minimum Gasteiger partial charge on any atom is -0.206 e. The Hall–Kier alpha value is -1.81. The minimum atomic E-state index is -0.153. The number of allylic oxidation sites excluding steroid dienone is 4. The molecule has 0 nitrogen and oxygen atoms in total. The van der Waals surface area contributed by atoms with Gasteiger partial charge in [0, 0.05) is 17.4 Å². The van der Waals surface area contributed by atoms with E-state index in [4.69, 9.17) is 6.42 Å². The van der Waals surface area contributed by atoms with Gasteiger partial charge in [-0.3, -0.25) is 0 Å². The molecule has 23 heavy (non-hydrogen) atoms. The van der Waals surface area contributed by atoms with Crippen LogP contribution in [-0.2, 0) is 0 Å². The summed E-state index contributed by atoms with van der Waals surface area (Å²) in [6.07, 6.45) is 11.1. The van der Waals surface area contributed by atoms with Crippen molar-refractivity contribution in [3.05, 3.63) is 52.9 Å². The van der Waals surface area contributed by atoms with Crippen molar-refractivity contribution in [2.24, 2.45) is 16.7 Å².